The Bertz CT molecular complexity index is 810. The summed E-state index contributed by atoms with van der Waals surface area (Å²) in [5, 5.41) is 19.6. The number of aryl methyl sites for hydroxylation is 2. The first kappa shape index (κ1) is 19.2. The summed E-state index contributed by atoms with van der Waals surface area (Å²) in [6.45, 7) is 8.11. The summed E-state index contributed by atoms with van der Waals surface area (Å²) in [5.41, 5.74) is 2.82. The van der Waals surface area contributed by atoms with Gasteiger partial charge in [0.25, 0.3) is 0 Å². The standard InChI is InChI=1S/C21H26N4O2/c1-16-5-6-17(2)20(12-16)27-15-19(26)14-24-8-10-25(11-9-24)21-18(13-22)4-3-7-23-21/h3-7,12,19,26H,8-11,14-15H2,1-2H3. The SMILES string of the molecule is Cc1ccc(C)c(OCC(O)CN2CCN(c3ncccc3C#N)CC2)c1. The van der Waals surface area contributed by atoms with Crippen molar-refractivity contribution in [1.82, 2.24) is 9.88 Å². The average Bonchev–Trinajstić information content (AvgIpc) is 2.69. The van der Waals surface area contributed by atoms with Gasteiger partial charge in [0.15, 0.2) is 0 Å². The Morgan fingerprint density at radius 3 is 2.74 bits per heavy atom. The van der Waals surface area contributed by atoms with Crippen LogP contribution in [0, 0.1) is 25.2 Å². The number of piperazine rings is 1. The van der Waals surface area contributed by atoms with Crippen LogP contribution in [-0.2, 0) is 0 Å². The van der Waals surface area contributed by atoms with Gasteiger partial charge in [-0.3, -0.25) is 4.90 Å². The van der Waals surface area contributed by atoms with Gasteiger partial charge < -0.3 is 14.7 Å². The second-order valence-electron chi connectivity index (χ2n) is 7.01. The van der Waals surface area contributed by atoms with E-state index in [2.05, 4.69) is 26.9 Å². The van der Waals surface area contributed by atoms with Gasteiger partial charge in [0.05, 0.1) is 5.56 Å². The van der Waals surface area contributed by atoms with Crippen molar-refractivity contribution in [3.8, 4) is 11.8 Å². The molecule has 6 heteroatoms. The van der Waals surface area contributed by atoms with Crippen molar-refractivity contribution >= 4 is 5.82 Å². The van der Waals surface area contributed by atoms with Crippen molar-refractivity contribution in [3.63, 3.8) is 0 Å². The number of aromatic nitrogens is 1. The molecule has 0 radical (unpaired) electrons. The number of rotatable bonds is 6. The van der Waals surface area contributed by atoms with Crippen molar-refractivity contribution < 1.29 is 9.84 Å². The maximum Gasteiger partial charge on any atom is 0.146 e. The van der Waals surface area contributed by atoms with E-state index in [4.69, 9.17) is 4.74 Å². The number of aliphatic hydroxyl groups excluding tert-OH is 1. The van der Waals surface area contributed by atoms with Crippen molar-refractivity contribution in [1.29, 1.82) is 5.26 Å². The van der Waals surface area contributed by atoms with Gasteiger partial charge in [-0.2, -0.15) is 5.26 Å². The molecule has 2 aromatic rings. The highest BCUT2D eigenvalue weighted by Gasteiger charge is 2.22. The zero-order valence-electron chi connectivity index (χ0n) is 15.9. The van der Waals surface area contributed by atoms with E-state index in [9.17, 15) is 10.4 Å². The molecule has 1 fully saturated rings. The third-order valence-electron chi connectivity index (χ3n) is 4.82. The molecule has 1 aliphatic rings. The monoisotopic (exact) mass is 366 g/mol. The molecule has 0 aliphatic carbocycles. The van der Waals surface area contributed by atoms with E-state index in [0.717, 1.165) is 48.9 Å². The summed E-state index contributed by atoms with van der Waals surface area (Å²) in [7, 11) is 0. The molecule has 1 aromatic heterocycles. The fourth-order valence-corrected chi connectivity index (χ4v) is 3.28. The average molecular weight is 366 g/mol. The normalized spacial score (nSPS) is 16.0. The molecule has 2 heterocycles. The Morgan fingerprint density at radius 1 is 1.22 bits per heavy atom. The van der Waals surface area contributed by atoms with Crippen LogP contribution in [0.4, 0.5) is 5.82 Å². The Kier molecular flexibility index (Phi) is 6.28. The molecular formula is C21H26N4O2. The lowest BCUT2D eigenvalue weighted by Crippen LogP contribution is -2.49. The minimum atomic E-state index is -0.541. The lowest BCUT2D eigenvalue weighted by molar-refractivity contribution is 0.0660. The predicted molar refractivity (Wildman–Crippen MR) is 105 cm³/mol. The largest absolute Gasteiger partial charge is 0.491 e. The summed E-state index contributed by atoms with van der Waals surface area (Å²) < 4.78 is 5.81. The van der Waals surface area contributed by atoms with Crippen molar-refractivity contribution in [2.24, 2.45) is 0 Å². The summed E-state index contributed by atoms with van der Waals surface area (Å²) in [6, 6.07) is 11.9. The lowest BCUT2D eigenvalue weighted by Gasteiger charge is -2.36. The fourth-order valence-electron chi connectivity index (χ4n) is 3.28. The van der Waals surface area contributed by atoms with Crippen molar-refractivity contribution in [3.05, 3.63) is 53.2 Å². The highest BCUT2D eigenvalue weighted by atomic mass is 16.5. The molecule has 1 unspecified atom stereocenters. The number of nitrogens with zero attached hydrogens (tertiary/aromatic N) is 4. The van der Waals surface area contributed by atoms with Gasteiger partial charge in [-0.15, -0.1) is 0 Å². The van der Waals surface area contributed by atoms with E-state index in [1.54, 1.807) is 18.3 Å². The van der Waals surface area contributed by atoms with Crippen LogP contribution < -0.4 is 9.64 Å². The summed E-state index contributed by atoms with van der Waals surface area (Å²) in [4.78, 5) is 8.71. The number of anilines is 1. The second kappa shape index (κ2) is 8.85. The van der Waals surface area contributed by atoms with E-state index in [1.165, 1.54) is 0 Å². The number of benzene rings is 1. The molecule has 6 nitrogen and oxygen atoms in total. The molecular weight excluding hydrogens is 340 g/mol. The van der Waals surface area contributed by atoms with Crippen LogP contribution in [0.2, 0.25) is 0 Å². The zero-order valence-corrected chi connectivity index (χ0v) is 15.9. The van der Waals surface area contributed by atoms with Crippen LogP contribution >= 0.6 is 0 Å². The van der Waals surface area contributed by atoms with Gasteiger partial charge in [0, 0.05) is 38.9 Å². The Labute approximate surface area is 160 Å². The fraction of sp³-hybridized carbons (Fsp3) is 0.429. The molecule has 27 heavy (non-hydrogen) atoms. The van der Waals surface area contributed by atoms with Gasteiger partial charge in [-0.05, 0) is 43.2 Å². The molecule has 0 spiro atoms. The molecule has 0 amide bonds. The summed E-state index contributed by atoms with van der Waals surface area (Å²) in [6.07, 6.45) is 1.18. The number of hydrogen-bond donors (Lipinski definition) is 1. The van der Waals surface area contributed by atoms with Gasteiger partial charge in [0.2, 0.25) is 0 Å². The lowest BCUT2D eigenvalue weighted by atomic mass is 10.1. The number of nitriles is 1. The summed E-state index contributed by atoms with van der Waals surface area (Å²) >= 11 is 0. The van der Waals surface area contributed by atoms with Crippen LogP contribution in [-0.4, -0.2) is 60.4 Å². The highest BCUT2D eigenvalue weighted by Crippen LogP contribution is 2.20. The quantitative estimate of drug-likeness (QED) is 0.844. The Hall–Kier alpha value is -2.62. The van der Waals surface area contributed by atoms with Crippen LogP contribution in [0.1, 0.15) is 16.7 Å². The number of ether oxygens (including phenoxy) is 1. The van der Waals surface area contributed by atoms with Gasteiger partial charge >= 0.3 is 0 Å². The zero-order chi connectivity index (χ0) is 19.2. The molecule has 1 N–H and O–H groups in total. The van der Waals surface area contributed by atoms with Crippen molar-refractivity contribution in [2.45, 2.75) is 20.0 Å². The van der Waals surface area contributed by atoms with Crippen LogP contribution in [0.15, 0.2) is 36.5 Å². The second-order valence-corrected chi connectivity index (χ2v) is 7.01. The Balaban J connectivity index is 1.47. The minimum absolute atomic E-state index is 0.281. The van der Waals surface area contributed by atoms with Crippen LogP contribution in [0.25, 0.3) is 0 Å². The third kappa shape index (κ3) is 4.97. The van der Waals surface area contributed by atoms with E-state index < -0.39 is 6.10 Å². The van der Waals surface area contributed by atoms with Gasteiger partial charge in [-0.1, -0.05) is 12.1 Å². The maximum absolute atomic E-state index is 10.4. The van der Waals surface area contributed by atoms with E-state index >= 15 is 0 Å². The van der Waals surface area contributed by atoms with Crippen molar-refractivity contribution in [2.75, 3.05) is 44.2 Å². The first-order valence-electron chi connectivity index (χ1n) is 9.27. The molecule has 0 bridgehead atoms. The molecule has 3 rings (SSSR count). The number of pyridine rings is 1. The Morgan fingerprint density at radius 2 is 2.00 bits per heavy atom. The predicted octanol–water partition coefficient (Wildman–Crippen LogP) is 2.13. The van der Waals surface area contributed by atoms with Crippen LogP contribution in [0.3, 0.4) is 0 Å². The van der Waals surface area contributed by atoms with E-state index in [-0.39, 0.29) is 6.61 Å². The molecule has 1 atom stereocenters. The topological polar surface area (TPSA) is 72.6 Å². The minimum Gasteiger partial charge on any atom is -0.491 e. The van der Waals surface area contributed by atoms with Gasteiger partial charge in [0.1, 0.15) is 30.3 Å². The molecule has 142 valence electrons. The molecule has 1 aromatic carbocycles. The first-order chi connectivity index (χ1) is 13.1. The molecule has 0 saturated carbocycles. The van der Waals surface area contributed by atoms with Crippen LogP contribution in [0.5, 0.6) is 5.75 Å². The smallest absolute Gasteiger partial charge is 0.146 e. The van der Waals surface area contributed by atoms with Gasteiger partial charge in [-0.25, -0.2) is 4.98 Å². The number of hydrogen-bond acceptors (Lipinski definition) is 6. The van der Waals surface area contributed by atoms with E-state index in [0.29, 0.717) is 12.1 Å². The van der Waals surface area contributed by atoms with E-state index in [1.807, 2.05) is 26.0 Å². The third-order valence-corrected chi connectivity index (χ3v) is 4.82. The molecule has 1 saturated heterocycles. The number of aliphatic hydroxyl groups is 1. The maximum atomic E-state index is 10.4. The first-order valence-corrected chi connectivity index (χ1v) is 9.27. The molecule has 1 aliphatic heterocycles. The summed E-state index contributed by atoms with van der Waals surface area (Å²) in [5.74, 6) is 1.58. The number of β-amino-alcohol motifs (C(OH)–C–C–N with tert-alkyl or cyclic N) is 1. The highest BCUT2D eigenvalue weighted by molar-refractivity contribution is 5.53.